The molecule has 3 unspecified atom stereocenters. The molecule has 1 aliphatic carbocycles. The summed E-state index contributed by atoms with van der Waals surface area (Å²) in [7, 11) is 0. The molecule has 1 N–H and O–H groups in total. The zero-order valence-corrected chi connectivity index (χ0v) is 10.5. The predicted molar refractivity (Wildman–Crippen MR) is 69.3 cm³/mol. The predicted octanol–water partition coefficient (Wildman–Crippen LogP) is 2.48. The van der Waals surface area contributed by atoms with E-state index in [1.807, 2.05) is 0 Å². The zero-order chi connectivity index (χ0) is 11.7. The molecule has 0 amide bonds. The lowest BCUT2D eigenvalue weighted by Crippen LogP contribution is -2.34. The molecule has 17 heavy (non-hydrogen) atoms. The summed E-state index contributed by atoms with van der Waals surface area (Å²) in [5, 5.41) is 3.57. The molecule has 0 spiro atoms. The topological polar surface area (TPSA) is 21.3 Å². The number of ether oxygens (including phenoxy) is 1. The van der Waals surface area contributed by atoms with Crippen molar-refractivity contribution in [2.45, 2.75) is 44.3 Å². The quantitative estimate of drug-likeness (QED) is 0.859. The molecule has 0 saturated carbocycles. The molecule has 2 aliphatic rings. The van der Waals surface area contributed by atoms with Crippen LogP contribution in [0.1, 0.15) is 36.8 Å². The largest absolute Gasteiger partial charge is 0.374 e. The van der Waals surface area contributed by atoms with Gasteiger partial charge >= 0.3 is 0 Å². The number of rotatable bonds is 4. The van der Waals surface area contributed by atoms with Crippen molar-refractivity contribution in [1.82, 2.24) is 5.32 Å². The molecule has 1 heterocycles. The summed E-state index contributed by atoms with van der Waals surface area (Å²) in [5.41, 5.74) is 3.07. The van der Waals surface area contributed by atoms with Gasteiger partial charge in [0.25, 0.3) is 0 Å². The Labute approximate surface area is 103 Å². The maximum absolute atomic E-state index is 5.80. The van der Waals surface area contributed by atoms with Crippen molar-refractivity contribution in [1.29, 1.82) is 0 Å². The van der Waals surface area contributed by atoms with E-state index < -0.39 is 0 Å². The van der Waals surface area contributed by atoms with Crippen LogP contribution in [0.4, 0.5) is 0 Å². The highest BCUT2D eigenvalue weighted by Crippen LogP contribution is 2.34. The summed E-state index contributed by atoms with van der Waals surface area (Å²) < 4.78 is 5.80. The fraction of sp³-hybridized carbons (Fsp3) is 0.600. The van der Waals surface area contributed by atoms with Crippen LogP contribution in [0, 0.1) is 0 Å². The Morgan fingerprint density at radius 2 is 2.12 bits per heavy atom. The van der Waals surface area contributed by atoms with E-state index in [0.29, 0.717) is 12.2 Å². The van der Waals surface area contributed by atoms with Crippen LogP contribution in [0.2, 0.25) is 0 Å². The van der Waals surface area contributed by atoms with Crippen LogP contribution in [-0.4, -0.2) is 25.3 Å². The first-order chi connectivity index (χ1) is 8.33. The molecule has 0 radical (unpaired) electrons. The molecule has 1 aliphatic heterocycles. The van der Waals surface area contributed by atoms with Gasteiger partial charge in [0.05, 0.1) is 12.2 Å². The Balaban J connectivity index is 1.42. The van der Waals surface area contributed by atoms with Crippen molar-refractivity contribution in [3.05, 3.63) is 35.4 Å². The minimum atomic E-state index is 0.445. The number of hydrogen-bond acceptors (Lipinski definition) is 2. The second-order valence-corrected chi connectivity index (χ2v) is 5.40. The summed E-state index contributed by atoms with van der Waals surface area (Å²) in [5.74, 6) is 0.727. The molecule has 2 nitrogen and oxygen atoms in total. The average molecular weight is 231 g/mol. The van der Waals surface area contributed by atoms with E-state index in [-0.39, 0.29) is 0 Å². The van der Waals surface area contributed by atoms with Crippen molar-refractivity contribution in [3.63, 3.8) is 0 Å². The fourth-order valence-electron chi connectivity index (χ4n) is 3.00. The van der Waals surface area contributed by atoms with Gasteiger partial charge < -0.3 is 10.1 Å². The monoisotopic (exact) mass is 231 g/mol. The number of benzene rings is 1. The van der Waals surface area contributed by atoms with Crippen molar-refractivity contribution in [2.75, 3.05) is 13.1 Å². The Hall–Kier alpha value is -0.860. The Bertz CT molecular complexity index is 390. The molecular weight excluding hydrogens is 210 g/mol. The van der Waals surface area contributed by atoms with Gasteiger partial charge in [-0.3, -0.25) is 0 Å². The van der Waals surface area contributed by atoms with Crippen LogP contribution in [0.5, 0.6) is 0 Å². The van der Waals surface area contributed by atoms with Gasteiger partial charge in [-0.2, -0.15) is 0 Å². The summed E-state index contributed by atoms with van der Waals surface area (Å²) in [6, 6.07) is 8.79. The van der Waals surface area contributed by atoms with Crippen molar-refractivity contribution >= 4 is 0 Å². The van der Waals surface area contributed by atoms with Crippen molar-refractivity contribution in [2.24, 2.45) is 0 Å². The first-order valence-corrected chi connectivity index (χ1v) is 6.77. The highest BCUT2D eigenvalue weighted by atomic mass is 16.5. The maximum atomic E-state index is 5.80. The van der Waals surface area contributed by atoms with Gasteiger partial charge in [0.1, 0.15) is 0 Å². The van der Waals surface area contributed by atoms with Crippen molar-refractivity contribution in [3.8, 4) is 0 Å². The molecule has 1 aromatic rings. The minimum absolute atomic E-state index is 0.445. The van der Waals surface area contributed by atoms with E-state index in [4.69, 9.17) is 4.74 Å². The van der Waals surface area contributed by atoms with Crippen LogP contribution in [-0.2, 0) is 11.2 Å². The number of fused-ring (bicyclic) bond motifs is 1. The smallest absolute Gasteiger partial charge is 0.0704 e. The third kappa shape index (κ3) is 2.38. The van der Waals surface area contributed by atoms with Gasteiger partial charge in [0.2, 0.25) is 0 Å². The first-order valence-electron chi connectivity index (χ1n) is 6.77. The molecule has 0 aromatic heterocycles. The van der Waals surface area contributed by atoms with Crippen LogP contribution in [0.25, 0.3) is 0 Å². The van der Waals surface area contributed by atoms with E-state index in [0.717, 1.165) is 19.0 Å². The standard InChI is InChI=1S/C15H21NO/c1-11-6-7-14(17-11)10-16-9-13-8-12-4-2-3-5-15(12)13/h2-5,11,13-14,16H,6-10H2,1H3. The van der Waals surface area contributed by atoms with E-state index in [1.165, 1.54) is 24.8 Å². The molecule has 1 fully saturated rings. The van der Waals surface area contributed by atoms with Crippen molar-refractivity contribution < 1.29 is 4.74 Å². The molecule has 0 bridgehead atoms. The van der Waals surface area contributed by atoms with Gasteiger partial charge in [0, 0.05) is 19.0 Å². The van der Waals surface area contributed by atoms with Gasteiger partial charge in [0.15, 0.2) is 0 Å². The molecule has 3 rings (SSSR count). The van der Waals surface area contributed by atoms with Crippen LogP contribution < -0.4 is 5.32 Å². The minimum Gasteiger partial charge on any atom is -0.374 e. The molecule has 3 atom stereocenters. The van der Waals surface area contributed by atoms with Crippen LogP contribution in [0.15, 0.2) is 24.3 Å². The summed E-state index contributed by atoms with van der Waals surface area (Å²) in [4.78, 5) is 0. The maximum Gasteiger partial charge on any atom is 0.0704 e. The first kappa shape index (κ1) is 11.2. The lowest BCUT2D eigenvalue weighted by atomic mass is 9.77. The van der Waals surface area contributed by atoms with Gasteiger partial charge in [-0.1, -0.05) is 24.3 Å². The summed E-state index contributed by atoms with van der Waals surface area (Å²) in [6.45, 7) is 4.29. The molecule has 92 valence electrons. The Kier molecular flexibility index (Phi) is 3.17. The highest BCUT2D eigenvalue weighted by molar-refractivity contribution is 5.40. The van der Waals surface area contributed by atoms with E-state index in [1.54, 1.807) is 5.56 Å². The van der Waals surface area contributed by atoms with Crippen LogP contribution in [0.3, 0.4) is 0 Å². The highest BCUT2D eigenvalue weighted by Gasteiger charge is 2.26. The summed E-state index contributed by atoms with van der Waals surface area (Å²) >= 11 is 0. The van der Waals surface area contributed by atoms with E-state index in [2.05, 4.69) is 36.5 Å². The average Bonchev–Trinajstić information content (AvgIpc) is 2.71. The molecular formula is C15H21NO. The number of nitrogens with one attached hydrogen (secondary N) is 1. The second-order valence-electron chi connectivity index (χ2n) is 5.40. The third-order valence-corrected chi connectivity index (χ3v) is 4.04. The second kappa shape index (κ2) is 4.79. The summed E-state index contributed by atoms with van der Waals surface area (Å²) in [6.07, 6.45) is 4.59. The third-order valence-electron chi connectivity index (χ3n) is 4.04. The van der Waals surface area contributed by atoms with E-state index in [9.17, 15) is 0 Å². The lowest BCUT2D eigenvalue weighted by Gasteiger charge is -2.30. The molecule has 2 heteroatoms. The molecule has 1 saturated heterocycles. The zero-order valence-electron chi connectivity index (χ0n) is 10.5. The lowest BCUT2D eigenvalue weighted by molar-refractivity contribution is 0.0558. The fourth-order valence-corrected chi connectivity index (χ4v) is 3.00. The van der Waals surface area contributed by atoms with Gasteiger partial charge in [-0.15, -0.1) is 0 Å². The van der Waals surface area contributed by atoms with Gasteiger partial charge in [-0.05, 0) is 37.3 Å². The Morgan fingerprint density at radius 1 is 1.24 bits per heavy atom. The normalized spacial score (nSPS) is 31.0. The number of hydrogen-bond donors (Lipinski definition) is 1. The van der Waals surface area contributed by atoms with Gasteiger partial charge in [-0.25, -0.2) is 0 Å². The van der Waals surface area contributed by atoms with E-state index >= 15 is 0 Å². The molecule has 1 aromatic carbocycles. The Morgan fingerprint density at radius 3 is 2.88 bits per heavy atom. The SMILES string of the molecule is CC1CCC(CNCC2Cc3ccccc32)O1. The van der Waals surface area contributed by atoms with Crippen LogP contribution >= 0.6 is 0 Å².